The summed E-state index contributed by atoms with van der Waals surface area (Å²) in [4.78, 5) is 0. The van der Waals surface area contributed by atoms with Gasteiger partial charge in [0.25, 0.3) is 0 Å². The van der Waals surface area contributed by atoms with Crippen molar-refractivity contribution in [1.82, 2.24) is 0 Å². The molecule has 0 aliphatic carbocycles. The molecule has 0 atom stereocenters. The Bertz CT molecular complexity index is 170. The molecule has 0 saturated heterocycles. The molecule has 0 aliphatic heterocycles. The predicted molar refractivity (Wildman–Crippen MR) is 57.3 cm³/mol. The van der Waals surface area contributed by atoms with Crippen molar-refractivity contribution in [3.8, 4) is 0 Å². The van der Waals surface area contributed by atoms with E-state index in [1.54, 1.807) is 5.57 Å². The lowest BCUT2D eigenvalue weighted by Gasteiger charge is -2.08. The highest BCUT2D eigenvalue weighted by atomic mass is 14.1. The second-order valence-electron chi connectivity index (χ2n) is 3.76. The lowest BCUT2D eigenvalue weighted by Crippen LogP contribution is -1.91. The average Bonchev–Trinajstić information content (AvgIpc) is 1.98. The number of hydrogen-bond donors (Lipinski definition) is 0. The summed E-state index contributed by atoms with van der Waals surface area (Å²) in [5, 5.41) is 0. The summed E-state index contributed by atoms with van der Waals surface area (Å²) in [6, 6.07) is 0. The minimum absolute atomic E-state index is 0.775. The highest BCUT2D eigenvalue weighted by Gasteiger charge is 1.99. The fourth-order valence-electron chi connectivity index (χ4n) is 1.51. The second-order valence-corrected chi connectivity index (χ2v) is 3.76. The van der Waals surface area contributed by atoms with Gasteiger partial charge in [0, 0.05) is 0 Å². The van der Waals surface area contributed by atoms with Crippen LogP contribution in [0.3, 0.4) is 0 Å². The first kappa shape index (κ1) is 11.5. The standard InChI is InChI=1S/C12H22/c1-6-8-12(7-2)11(5)9-10(3)4/h6,8,10H,7,9H2,1-5H3. The van der Waals surface area contributed by atoms with Crippen LogP contribution >= 0.6 is 0 Å². The van der Waals surface area contributed by atoms with Crippen LogP contribution in [0.25, 0.3) is 0 Å². The van der Waals surface area contributed by atoms with Crippen molar-refractivity contribution < 1.29 is 0 Å². The van der Waals surface area contributed by atoms with Gasteiger partial charge in [-0.3, -0.25) is 0 Å². The van der Waals surface area contributed by atoms with Gasteiger partial charge < -0.3 is 0 Å². The van der Waals surface area contributed by atoms with Gasteiger partial charge in [0.2, 0.25) is 0 Å². The van der Waals surface area contributed by atoms with Crippen LogP contribution in [0.2, 0.25) is 0 Å². The van der Waals surface area contributed by atoms with Crippen LogP contribution in [-0.4, -0.2) is 0 Å². The van der Waals surface area contributed by atoms with Crippen LogP contribution < -0.4 is 0 Å². The summed E-state index contributed by atoms with van der Waals surface area (Å²) < 4.78 is 0. The van der Waals surface area contributed by atoms with Gasteiger partial charge in [-0.25, -0.2) is 0 Å². The zero-order valence-electron chi connectivity index (χ0n) is 9.15. The van der Waals surface area contributed by atoms with E-state index in [4.69, 9.17) is 0 Å². The van der Waals surface area contributed by atoms with Gasteiger partial charge in [0.1, 0.15) is 0 Å². The summed E-state index contributed by atoms with van der Waals surface area (Å²) in [6.07, 6.45) is 6.75. The molecule has 0 bridgehead atoms. The van der Waals surface area contributed by atoms with Crippen molar-refractivity contribution >= 4 is 0 Å². The zero-order chi connectivity index (χ0) is 9.56. The average molecular weight is 166 g/mol. The monoisotopic (exact) mass is 166 g/mol. The fraction of sp³-hybridized carbons (Fsp3) is 0.667. The van der Waals surface area contributed by atoms with Crippen molar-refractivity contribution in [1.29, 1.82) is 0 Å². The van der Waals surface area contributed by atoms with Gasteiger partial charge in [-0.15, -0.1) is 0 Å². The number of rotatable bonds is 4. The van der Waals surface area contributed by atoms with Crippen LogP contribution in [0.5, 0.6) is 0 Å². The molecule has 0 spiro atoms. The smallest absolute Gasteiger partial charge is 0.0294 e. The van der Waals surface area contributed by atoms with E-state index in [1.807, 2.05) is 0 Å². The zero-order valence-corrected chi connectivity index (χ0v) is 9.15. The Labute approximate surface area is 77.4 Å². The van der Waals surface area contributed by atoms with Crippen molar-refractivity contribution in [2.45, 2.75) is 47.5 Å². The molecule has 0 N–H and O–H groups in total. The topological polar surface area (TPSA) is 0 Å². The molecule has 0 nitrogen and oxygen atoms in total. The highest BCUT2D eigenvalue weighted by Crippen LogP contribution is 2.17. The van der Waals surface area contributed by atoms with E-state index >= 15 is 0 Å². The molecule has 0 aliphatic rings. The lowest BCUT2D eigenvalue weighted by atomic mass is 9.98. The van der Waals surface area contributed by atoms with Crippen LogP contribution in [0, 0.1) is 5.92 Å². The van der Waals surface area contributed by atoms with Crippen molar-refractivity contribution in [2.24, 2.45) is 5.92 Å². The molecule has 0 rings (SSSR count). The molecule has 0 unspecified atom stereocenters. The Morgan fingerprint density at radius 3 is 2.25 bits per heavy atom. The van der Waals surface area contributed by atoms with Crippen molar-refractivity contribution in [3.05, 3.63) is 23.3 Å². The molecule has 0 aromatic carbocycles. The third kappa shape index (κ3) is 4.38. The Kier molecular flexibility index (Phi) is 5.79. The number of hydrogen-bond acceptors (Lipinski definition) is 0. The maximum absolute atomic E-state index is 2.27. The molecule has 0 fully saturated rings. The van der Waals surface area contributed by atoms with Gasteiger partial charge >= 0.3 is 0 Å². The Morgan fingerprint density at radius 2 is 1.92 bits per heavy atom. The summed E-state index contributed by atoms with van der Waals surface area (Å²) in [7, 11) is 0. The van der Waals surface area contributed by atoms with E-state index in [-0.39, 0.29) is 0 Å². The molecule has 0 saturated carbocycles. The molecule has 12 heavy (non-hydrogen) atoms. The quantitative estimate of drug-likeness (QED) is 0.545. The normalized spacial score (nSPS) is 14.2. The second kappa shape index (κ2) is 6.05. The first-order valence-electron chi connectivity index (χ1n) is 4.93. The van der Waals surface area contributed by atoms with Gasteiger partial charge in [-0.05, 0) is 38.2 Å². The fourth-order valence-corrected chi connectivity index (χ4v) is 1.51. The predicted octanol–water partition coefficient (Wildman–Crippen LogP) is 4.34. The Morgan fingerprint density at radius 1 is 1.33 bits per heavy atom. The molecule has 0 radical (unpaired) electrons. The molecule has 0 amide bonds. The minimum Gasteiger partial charge on any atom is -0.0874 e. The largest absolute Gasteiger partial charge is 0.0874 e. The highest BCUT2D eigenvalue weighted by molar-refractivity contribution is 5.24. The van der Waals surface area contributed by atoms with Crippen LogP contribution in [0.15, 0.2) is 23.3 Å². The molecule has 70 valence electrons. The van der Waals surface area contributed by atoms with E-state index in [1.165, 1.54) is 12.0 Å². The van der Waals surface area contributed by atoms with E-state index in [9.17, 15) is 0 Å². The number of allylic oxidation sites excluding steroid dienone is 4. The SMILES string of the molecule is CC=CC(CC)=C(C)CC(C)C. The maximum Gasteiger partial charge on any atom is -0.0294 e. The summed E-state index contributed by atoms with van der Waals surface area (Å²) in [5.41, 5.74) is 3.05. The minimum atomic E-state index is 0.775. The van der Waals surface area contributed by atoms with Crippen LogP contribution in [-0.2, 0) is 0 Å². The van der Waals surface area contributed by atoms with Crippen molar-refractivity contribution in [3.63, 3.8) is 0 Å². The molecular weight excluding hydrogens is 144 g/mol. The van der Waals surface area contributed by atoms with E-state index < -0.39 is 0 Å². The van der Waals surface area contributed by atoms with Gasteiger partial charge in [-0.1, -0.05) is 38.5 Å². The Balaban J connectivity index is 4.37. The van der Waals surface area contributed by atoms with Gasteiger partial charge in [0.15, 0.2) is 0 Å². The van der Waals surface area contributed by atoms with Crippen molar-refractivity contribution in [2.75, 3.05) is 0 Å². The summed E-state index contributed by atoms with van der Waals surface area (Å²) >= 11 is 0. The molecule has 0 aromatic heterocycles. The molecular formula is C12H22. The first-order chi connectivity index (χ1) is 5.61. The third-order valence-electron chi connectivity index (χ3n) is 2.01. The lowest BCUT2D eigenvalue weighted by molar-refractivity contribution is 0.638. The van der Waals surface area contributed by atoms with E-state index in [0.717, 1.165) is 12.3 Å². The van der Waals surface area contributed by atoms with Gasteiger partial charge in [-0.2, -0.15) is 0 Å². The molecule has 0 heterocycles. The van der Waals surface area contributed by atoms with E-state index in [2.05, 4.69) is 46.8 Å². The summed E-state index contributed by atoms with van der Waals surface area (Å²) in [5.74, 6) is 0.775. The first-order valence-corrected chi connectivity index (χ1v) is 4.93. The van der Waals surface area contributed by atoms with Crippen LogP contribution in [0.4, 0.5) is 0 Å². The Hall–Kier alpha value is -0.520. The van der Waals surface area contributed by atoms with Gasteiger partial charge in [0.05, 0.1) is 0 Å². The maximum atomic E-state index is 2.27. The summed E-state index contributed by atoms with van der Waals surface area (Å²) in [6.45, 7) is 11.1. The third-order valence-corrected chi connectivity index (χ3v) is 2.01. The van der Waals surface area contributed by atoms with Crippen LogP contribution in [0.1, 0.15) is 47.5 Å². The molecule has 0 heteroatoms. The molecule has 0 aromatic rings. The van der Waals surface area contributed by atoms with E-state index in [0.29, 0.717) is 0 Å².